The molecule has 0 aromatic carbocycles. The first-order chi connectivity index (χ1) is 14.3. The molecular weight excluding hydrogens is 356 g/mol. The molecule has 168 valence electrons. The van der Waals surface area contributed by atoms with Crippen LogP contribution in [0.15, 0.2) is 0 Å². The van der Waals surface area contributed by atoms with Gasteiger partial charge in [0.1, 0.15) is 0 Å². The van der Waals surface area contributed by atoms with E-state index in [2.05, 4.69) is 28.2 Å². The minimum Gasteiger partial charge on any atom is -0.317 e. The Morgan fingerprint density at radius 1 is 0.621 bits per heavy atom. The highest BCUT2D eigenvalue weighted by molar-refractivity contribution is 5.06. The molecule has 4 bridgehead atoms. The van der Waals surface area contributed by atoms with Gasteiger partial charge in [0.15, 0.2) is 0 Å². The molecule has 5 saturated carbocycles. The molecule has 0 saturated heterocycles. The number of hydrogen-bond donors (Lipinski definition) is 4. The molecule has 2 atom stereocenters. The maximum Gasteiger partial charge on any atom is 0.0189 e. The first-order valence-corrected chi connectivity index (χ1v) is 13.1. The van der Waals surface area contributed by atoms with E-state index in [-0.39, 0.29) is 0 Å². The van der Waals surface area contributed by atoms with Gasteiger partial charge < -0.3 is 21.3 Å². The van der Waals surface area contributed by atoms with Crippen LogP contribution in [0.5, 0.6) is 0 Å². The summed E-state index contributed by atoms with van der Waals surface area (Å²) in [5, 5.41) is 14.8. The molecule has 0 aliphatic heterocycles. The van der Waals surface area contributed by atoms with Crippen LogP contribution >= 0.6 is 0 Å². The van der Waals surface area contributed by atoms with E-state index < -0.39 is 0 Å². The van der Waals surface area contributed by atoms with E-state index in [0.29, 0.717) is 5.54 Å². The van der Waals surface area contributed by atoms with Gasteiger partial charge >= 0.3 is 0 Å². The average Bonchev–Trinajstić information content (AvgIpc) is 3.43. The fraction of sp³-hybridized carbons (Fsp3) is 1.00. The molecule has 4 nitrogen and oxygen atoms in total. The Balaban J connectivity index is 0.947. The Kier molecular flexibility index (Phi) is 8.31. The Labute approximate surface area is 180 Å². The third kappa shape index (κ3) is 6.66. The minimum atomic E-state index is 0.558. The first-order valence-electron chi connectivity index (χ1n) is 13.1. The highest BCUT2D eigenvalue weighted by Gasteiger charge is 2.50. The van der Waals surface area contributed by atoms with Gasteiger partial charge in [-0.2, -0.15) is 0 Å². The van der Waals surface area contributed by atoms with E-state index in [1.54, 1.807) is 19.3 Å². The topological polar surface area (TPSA) is 48.1 Å². The van der Waals surface area contributed by atoms with E-state index in [0.717, 1.165) is 36.1 Å². The van der Waals surface area contributed by atoms with Crippen molar-refractivity contribution in [2.75, 3.05) is 45.8 Å². The lowest BCUT2D eigenvalue weighted by atomic mass is 9.53. The number of hydrogen-bond acceptors (Lipinski definition) is 4. The Morgan fingerprint density at radius 2 is 1.10 bits per heavy atom. The van der Waals surface area contributed by atoms with Gasteiger partial charge in [-0.1, -0.05) is 6.92 Å². The maximum absolute atomic E-state index is 4.05. The fourth-order valence-electron chi connectivity index (χ4n) is 7.12. The Bertz CT molecular complexity index is 444. The summed E-state index contributed by atoms with van der Waals surface area (Å²) in [4.78, 5) is 0. The minimum absolute atomic E-state index is 0.558. The van der Waals surface area contributed by atoms with Crippen molar-refractivity contribution in [2.24, 2.45) is 29.6 Å². The van der Waals surface area contributed by atoms with Gasteiger partial charge in [0.05, 0.1) is 0 Å². The zero-order valence-corrected chi connectivity index (χ0v) is 19.1. The number of unbranched alkanes of at least 4 members (excludes halogenated alkanes) is 2. The van der Waals surface area contributed by atoms with Gasteiger partial charge in [0.2, 0.25) is 0 Å². The summed E-state index contributed by atoms with van der Waals surface area (Å²) in [6, 6.07) is 0. The molecule has 4 N–H and O–H groups in total. The molecule has 0 radical (unpaired) electrons. The van der Waals surface area contributed by atoms with Gasteiger partial charge in [0, 0.05) is 5.54 Å². The van der Waals surface area contributed by atoms with Crippen molar-refractivity contribution >= 4 is 0 Å². The van der Waals surface area contributed by atoms with Gasteiger partial charge in [-0.3, -0.25) is 0 Å². The van der Waals surface area contributed by atoms with Crippen molar-refractivity contribution in [1.29, 1.82) is 0 Å². The largest absolute Gasteiger partial charge is 0.317 e. The summed E-state index contributed by atoms with van der Waals surface area (Å²) in [5.41, 5.74) is 0.558. The summed E-state index contributed by atoms with van der Waals surface area (Å²) in [7, 11) is 0. The predicted octanol–water partition coefficient (Wildman–Crippen LogP) is 3.53. The van der Waals surface area contributed by atoms with Crippen LogP contribution in [0.3, 0.4) is 0 Å². The smallest absolute Gasteiger partial charge is 0.0189 e. The van der Waals surface area contributed by atoms with Crippen LogP contribution in [0, 0.1) is 29.6 Å². The first kappa shape index (κ1) is 22.0. The standard InChI is InChI=1S/C25H48N4/c1-2-26-7-3-4-8-27-18-23-14-24(23)19-28-9-5-6-10-29-25-15-20-11-21(16-25)13-22(12-20)17-25/h20-24,26-29H,2-19H2,1H3/t20?,21?,22?,23-,24-,25?/m1/s1. The van der Waals surface area contributed by atoms with Crippen LogP contribution < -0.4 is 21.3 Å². The second-order valence-corrected chi connectivity index (χ2v) is 11.1. The quantitative estimate of drug-likeness (QED) is 0.297. The lowest BCUT2D eigenvalue weighted by molar-refractivity contribution is -0.0195. The summed E-state index contributed by atoms with van der Waals surface area (Å²) in [6.07, 6.45) is 15.9. The summed E-state index contributed by atoms with van der Waals surface area (Å²) in [5.74, 6) is 5.07. The summed E-state index contributed by atoms with van der Waals surface area (Å²) >= 11 is 0. The molecule has 0 aromatic rings. The fourth-order valence-corrected chi connectivity index (χ4v) is 7.12. The molecule has 5 rings (SSSR count). The van der Waals surface area contributed by atoms with Crippen molar-refractivity contribution in [3.8, 4) is 0 Å². The third-order valence-electron chi connectivity index (χ3n) is 8.41. The van der Waals surface area contributed by atoms with Crippen LogP contribution in [0.4, 0.5) is 0 Å². The highest BCUT2D eigenvalue weighted by atomic mass is 15.0. The molecule has 0 aromatic heterocycles. The second-order valence-electron chi connectivity index (χ2n) is 11.1. The van der Waals surface area contributed by atoms with Crippen LogP contribution in [0.25, 0.3) is 0 Å². The van der Waals surface area contributed by atoms with Gasteiger partial charge in [0.25, 0.3) is 0 Å². The van der Waals surface area contributed by atoms with E-state index in [9.17, 15) is 0 Å². The molecule has 5 fully saturated rings. The molecule has 0 spiro atoms. The Morgan fingerprint density at radius 3 is 1.62 bits per heavy atom. The zero-order valence-electron chi connectivity index (χ0n) is 19.1. The SMILES string of the molecule is CCNCCCCNC[C@H]1C[C@@H]1CNCCCCNC12CC3CC(CC(C3)C1)C2. The number of rotatable bonds is 16. The van der Waals surface area contributed by atoms with E-state index >= 15 is 0 Å². The predicted molar refractivity (Wildman–Crippen MR) is 123 cm³/mol. The second kappa shape index (κ2) is 10.9. The molecule has 0 unspecified atom stereocenters. The van der Waals surface area contributed by atoms with Gasteiger partial charge in [-0.15, -0.1) is 0 Å². The zero-order chi connectivity index (χ0) is 19.9. The molecule has 0 amide bonds. The Hall–Kier alpha value is -0.160. The van der Waals surface area contributed by atoms with Crippen LogP contribution in [-0.2, 0) is 0 Å². The molecule has 5 aliphatic rings. The molecular formula is C25H48N4. The van der Waals surface area contributed by atoms with Crippen molar-refractivity contribution < 1.29 is 0 Å². The molecule has 29 heavy (non-hydrogen) atoms. The van der Waals surface area contributed by atoms with Crippen LogP contribution in [0.1, 0.15) is 77.6 Å². The summed E-state index contributed by atoms with van der Waals surface area (Å²) < 4.78 is 0. The molecule has 4 heteroatoms. The maximum atomic E-state index is 4.05. The van der Waals surface area contributed by atoms with Crippen molar-refractivity contribution in [3.05, 3.63) is 0 Å². The van der Waals surface area contributed by atoms with Crippen LogP contribution in [0.2, 0.25) is 0 Å². The van der Waals surface area contributed by atoms with Gasteiger partial charge in [-0.25, -0.2) is 0 Å². The monoisotopic (exact) mass is 404 g/mol. The van der Waals surface area contributed by atoms with E-state index in [1.807, 2.05) is 0 Å². The third-order valence-corrected chi connectivity index (χ3v) is 8.41. The van der Waals surface area contributed by atoms with E-state index in [4.69, 9.17) is 0 Å². The number of nitrogens with one attached hydrogen (secondary N) is 4. The molecule has 5 aliphatic carbocycles. The molecule has 0 heterocycles. The summed E-state index contributed by atoms with van der Waals surface area (Å²) in [6.45, 7) is 10.6. The lowest BCUT2D eigenvalue weighted by Crippen LogP contribution is -2.58. The van der Waals surface area contributed by atoms with E-state index in [1.165, 1.54) is 90.6 Å². The van der Waals surface area contributed by atoms with Crippen molar-refractivity contribution in [2.45, 2.75) is 83.1 Å². The van der Waals surface area contributed by atoms with Crippen molar-refractivity contribution in [1.82, 2.24) is 21.3 Å². The normalized spacial score (nSPS) is 37.3. The average molecular weight is 405 g/mol. The van der Waals surface area contributed by atoms with Crippen molar-refractivity contribution in [3.63, 3.8) is 0 Å². The highest BCUT2D eigenvalue weighted by Crippen LogP contribution is 2.55. The van der Waals surface area contributed by atoms with Crippen LogP contribution in [-0.4, -0.2) is 51.4 Å². The lowest BCUT2D eigenvalue weighted by Gasteiger charge is -2.57. The van der Waals surface area contributed by atoms with Gasteiger partial charge in [-0.05, 0) is 146 Å².